The highest BCUT2D eigenvalue weighted by Crippen LogP contribution is 2.30. The molecule has 1 N–H and O–H groups in total. The molecule has 8 nitrogen and oxygen atoms in total. The molecule has 1 aromatic carbocycles. The number of likely N-dealkylation sites (tertiary alicyclic amines) is 1. The molecule has 0 unspecified atom stereocenters. The summed E-state index contributed by atoms with van der Waals surface area (Å²) in [6, 6.07) is 8.47. The second-order valence-corrected chi connectivity index (χ2v) is 11.7. The normalized spacial score (nSPS) is 19.3. The lowest BCUT2D eigenvalue weighted by Gasteiger charge is -2.32. The number of nitrogens with zero attached hydrogens (tertiary/aromatic N) is 5. The highest BCUT2D eigenvalue weighted by molar-refractivity contribution is 5.76. The van der Waals surface area contributed by atoms with Gasteiger partial charge in [-0.15, -0.1) is 5.10 Å². The van der Waals surface area contributed by atoms with Crippen LogP contribution in [0.15, 0.2) is 29.1 Å². The van der Waals surface area contributed by atoms with Crippen LogP contribution in [0.25, 0.3) is 11.2 Å². The van der Waals surface area contributed by atoms with Gasteiger partial charge in [0.15, 0.2) is 11.2 Å². The summed E-state index contributed by atoms with van der Waals surface area (Å²) < 4.78 is 1.70. The molecule has 192 valence electrons. The molecular weight excluding hydrogens is 452 g/mol. The number of carbonyl (C=O) groups is 1. The number of hydrogen-bond donors (Lipinski definition) is 1. The third kappa shape index (κ3) is 5.37. The van der Waals surface area contributed by atoms with Gasteiger partial charge in [0.05, 0.1) is 6.54 Å². The Balaban J connectivity index is 1.31. The average Bonchev–Trinajstić information content (AvgIpc) is 3.53. The summed E-state index contributed by atoms with van der Waals surface area (Å²) in [6.07, 6.45) is 8.59. The molecular formula is C28H38N6O2. The summed E-state index contributed by atoms with van der Waals surface area (Å²) >= 11 is 0. The van der Waals surface area contributed by atoms with Crippen molar-refractivity contribution in [3.63, 3.8) is 0 Å². The number of amides is 1. The molecule has 5 rings (SSSR count). The van der Waals surface area contributed by atoms with E-state index in [4.69, 9.17) is 4.98 Å². The fraction of sp³-hybridized carbons (Fsp3) is 0.607. The Kier molecular flexibility index (Phi) is 6.95. The minimum Gasteiger partial charge on any atom is -0.342 e. The van der Waals surface area contributed by atoms with Crippen molar-refractivity contribution in [1.82, 2.24) is 29.9 Å². The van der Waals surface area contributed by atoms with Crippen LogP contribution in [0.4, 0.5) is 0 Å². The van der Waals surface area contributed by atoms with E-state index in [2.05, 4.69) is 60.3 Å². The molecule has 2 aromatic heterocycles. The van der Waals surface area contributed by atoms with E-state index in [1.165, 1.54) is 31.2 Å². The third-order valence-electron chi connectivity index (χ3n) is 7.95. The number of piperidine rings is 1. The van der Waals surface area contributed by atoms with Gasteiger partial charge in [-0.05, 0) is 41.7 Å². The van der Waals surface area contributed by atoms with Crippen LogP contribution in [0.1, 0.15) is 95.0 Å². The molecule has 2 aliphatic rings. The highest BCUT2D eigenvalue weighted by Gasteiger charge is 2.28. The molecule has 8 heteroatoms. The molecule has 3 heterocycles. The first-order valence-corrected chi connectivity index (χ1v) is 13.5. The van der Waals surface area contributed by atoms with Crippen LogP contribution in [0, 0.1) is 5.92 Å². The second-order valence-electron chi connectivity index (χ2n) is 11.7. The minimum absolute atomic E-state index is 0.0145. The first-order chi connectivity index (χ1) is 17.3. The van der Waals surface area contributed by atoms with Crippen molar-refractivity contribution in [2.24, 2.45) is 5.92 Å². The largest absolute Gasteiger partial charge is 0.342 e. The third-order valence-corrected chi connectivity index (χ3v) is 7.95. The van der Waals surface area contributed by atoms with Gasteiger partial charge in [-0.1, -0.05) is 75.9 Å². The summed E-state index contributed by atoms with van der Waals surface area (Å²) in [7, 11) is 0. The Morgan fingerprint density at radius 2 is 1.83 bits per heavy atom. The molecule has 1 atom stereocenters. The number of rotatable bonds is 6. The van der Waals surface area contributed by atoms with Gasteiger partial charge in [-0.3, -0.25) is 9.59 Å². The Hall–Kier alpha value is -3.03. The number of nitrogens with one attached hydrogen (secondary N) is 1. The van der Waals surface area contributed by atoms with E-state index in [-0.39, 0.29) is 28.3 Å². The first-order valence-electron chi connectivity index (χ1n) is 13.5. The van der Waals surface area contributed by atoms with E-state index in [1.54, 1.807) is 4.68 Å². The van der Waals surface area contributed by atoms with Gasteiger partial charge in [0.2, 0.25) is 5.91 Å². The lowest BCUT2D eigenvalue weighted by molar-refractivity contribution is -0.132. The van der Waals surface area contributed by atoms with E-state index >= 15 is 0 Å². The summed E-state index contributed by atoms with van der Waals surface area (Å²) in [4.78, 5) is 35.5. The van der Waals surface area contributed by atoms with Crippen molar-refractivity contribution in [3.05, 3.63) is 51.6 Å². The Labute approximate surface area is 212 Å². The van der Waals surface area contributed by atoms with Crippen LogP contribution >= 0.6 is 0 Å². The number of aromatic amines is 1. The monoisotopic (exact) mass is 490 g/mol. The SMILES string of the molecule is CC(C)(C)c1ccc(Cn2nnc3c(=O)[nH]c([C@H]4CCCN(C(=O)CCC5CCCC5)C4)nc32)cc1. The van der Waals surface area contributed by atoms with Gasteiger partial charge >= 0.3 is 0 Å². The molecule has 1 amide bonds. The fourth-order valence-electron chi connectivity index (χ4n) is 5.68. The van der Waals surface area contributed by atoms with Crippen molar-refractivity contribution in [1.29, 1.82) is 0 Å². The Morgan fingerprint density at radius 1 is 1.08 bits per heavy atom. The molecule has 1 aliphatic carbocycles. The predicted molar refractivity (Wildman–Crippen MR) is 140 cm³/mol. The summed E-state index contributed by atoms with van der Waals surface area (Å²) in [5.41, 5.74) is 2.92. The number of fused-ring (bicyclic) bond motifs is 1. The molecule has 0 spiro atoms. The number of aromatic nitrogens is 5. The first kappa shape index (κ1) is 24.7. The van der Waals surface area contributed by atoms with Crippen molar-refractivity contribution < 1.29 is 4.79 Å². The topological polar surface area (TPSA) is 96.8 Å². The number of hydrogen-bond acceptors (Lipinski definition) is 5. The zero-order valence-electron chi connectivity index (χ0n) is 21.8. The fourth-order valence-corrected chi connectivity index (χ4v) is 5.68. The smallest absolute Gasteiger partial charge is 0.281 e. The molecule has 2 fully saturated rings. The molecule has 1 saturated carbocycles. The standard InChI is InChI=1S/C28H38N6O2/c1-28(2,3)22-13-10-20(11-14-22)17-34-26-24(31-32-34)27(36)30-25(29-26)21-9-6-16-33(18-21)23(35)15-12-19-7-4-5-8-19/h10-11,13-14,19,21H,4-9,12,15-18H2,1-3H3,(H,29,30,36)/t21-/m0/s1. The Morgan fingerprint density at radius 3 is 2.56 bits per heavy atom. The second kappa shape index (κ2) is 10.1. The van der Waals surface area contributed by atoms with Crippen molar-refractivity contribution in [2.75, 3.05) is 13.1 Å². The van der Waals surface area contributed by atoms with E-state index in [0.29, 0.717) is 36.9 Å². The average molecular weight is 491 g/mol. The van der Waals surface area contributed by atoms with Gasteiger partial charge in [0.1, 0.15) is 5.82 Å². The quantitative estimate of drug-likeness (QED) is 0.547. The van der Waals surface area contributed by atoms with E-state index in [1.807, 2.05) is 4.90 Å². The molecule has 0 radical (unpaired) electrons. The van der Waals surface area contributed by atoms with Crippen LogP contribution in [-0.4, -0.2) is 48.9 Å². The predicted octanol–water partition coefficient (Wildman–Crippen LogP) is 4.54. The van der Waals surface area contributed by atoms with Gasteiger partial charge in [0.25, 0.3) is 5.56 Å². The van der Waals surface area contributed by atoms with Gasteiger partial charge < -0.3 is 9.88 Å². The van der Waals surface area contributed by atoms with E-state index in [9.17, 15) is 9.59 Å². The van der Waals surface area contributed by atoms with Crippen LogP contribution in [0.5, 0.6) is 0 Å². The van der Waals surface area contributed by atoms with E-state index in [0.717, 1.165) is 31.4 Å². The lowest BCUT2D eigenvalue weighted by Crippen LogP contribution is -2.40. The zero-order chi connectivity index (χ0) is 25.3. The van der Waals surface area contributed by atoms with Crippen LogP contribution in [-0.2, 0) is 16.8 Å². The number of H-pyrrole nitrogens is 1. The maximum absolute atomic E-state index is 12.9. The van der Waals surface area contributed by atoms with Gasteiger partial charge in [0, 0.05) is 25.4 Å². The summed E-state index contributed by atoms with van der Waals surface area (Å²) in [6.45, 7) is 8.47. The molecule has 1 saturated heterocycles. The lowest BCUT2D eigenvalue weighted by atomic mass is 9.87. The van der Waals surface area contributed by atoms with Gasteiger partial charge in [-0.25, -0.2) is 9.67 Å². The maximum Gasteiger partial charge on any atom is 0.281 e. The van der Waals surface area contributed by atoms with Crippen LogP contribution in [0.2, 0.25) is 0 Å². The number of benzene rings is 1. The molecule has 36 heavy (non-hydrogen) atoms. The molecule has 3 aromatic rings. The maximum atomic E-state index is 12.9. The summed E-state index contributed by atoms with van der Waals surface area (Å²) in [5.74, 6) is 1.60. The van der Waals surface area contributed by atoms with Crippen molar-refractivity contribution >= 4 is 17.1 Å². The van der Waals surface area contributed by atoms with Gasteiger partial charge in [-0.2, -0.15) is 0 Å². The van der Waals surface area contributed by atoms with Crippen LogP contribution < -0.4 is 5.56 Å². The molecule has 1 aliphatic heterocycles. The summed E-state index contributed by atoms with van der Waals surface area (Å²) in [5, 5.41) is 8.34. The molecule has 0 bridgehead atoms. The number of carbonyl (C=O) groups excluding carboxylic acids is 1. The zero-order valence-corrected chi connectivity index (χ0v) is 21.8. The van der Waals surface area contributed by atoms with Crippen molar-refractivity contribution in [3.8, 4) is 0 Å². The highest BCUT2D eigenvalue weighted by atomic mass is 16.2. The Bertz CT molecular complexity index is 1260. The van der Waals surface area contributed by atoms with Crippen molar-refractivity contribution in [2.45, 2.75) is 90.0 Å². The van der Waals surface area contributed by atoms with Crippen LogP contribution in [0.3, 0.4) is 0 Å². The minimum atomic E-state index is -0.269. The van der Waals surface area contributed by atoms with E-state index < -0.39 is 0 Å².